The van der Waals surface area contributed by atoms with Gasteiger partial charge in [-0.2, -0.15) is 0 Å². The van der Waals surface area contributed by atoms with Crippen molar-refractivity contribution in [3.05, 3.63) is 35.9 Å². The van der Waals surface area contributed by atoms with Crippen LogP contribution in [0.3, 0.4) is 0 Å². The lowest BCUT2D eigenvalue weighted by molar-refractivity contribution is 0.222. The molecule has 1 aliphatic heterocycles. The van der Waals surface area contributed by atoms with Crippen LogP contribution in [0.15, 0.2) is 18.2 Å². The molecule has 0 unspecified atom stereocenters. The topological polar surface area (TPSA) is 3.24 Å². The second-order valence-electron chi connectivity index (χ2n) is 3.97. The molecular weight excluding hydrogens is 170 g/mol. The second kappa shape index (κ2) is 4.48. The van der Waals surface area contributed by atoms with Crippen LogP contribution in [0.25, 0.3) is 0 Å². The molecule has 1 nitrogen and oxygen atoms in total. The van der Waals surface area contributed by atoms with E-state index in [0.29, 0.717) is 0 Å². The van der Waals surface area contributed by atoms with E-state index >= 15 is 0 Å². The molecule has 1 aromatic carbocycles. The Morgan fingerprint density at radius 1 is 1.36 bits per heavy atom. The molecule has 2 rings (SSSR count). The summed E-state index contributed by atoms with van der Waals surface area (Å²) in [6, 6.07) is 12.2. The molecule has 74 valence electrons. The normalized spacial score (nSPS) is 19.2. The van der Waals surface area contributed by atoms with Gasteiger partial charge in [0.25, 0.3) is 0 Å². The van der Waals surface area contributed by atoms with Gasteiger partial charge in [0.1, 0.15) is 0 Å². The first-order valence-electron chi connectivity index (χ1n) is 5.50. The summed E-state index contributed by atoms with van der Waals surface area (Å²) in [4.78, 5) is 2.52. The predicted molar refractivity (Wildman–Crippen MR) is 58.2 cm³/mol. The fourth-order valence-electron chi connectivity index (χ4n) is 2.20. The van der Waals surface area contributed by atoms with Crippen LogP contribution in [0.2, 0.25) is 0 Å². The van der Waals surface area contributed by atoms with Crippen LogP contribution in [-0.2, 0) is 0 Å². The van der Waals surface area contributed by atoms with Gasteiger partial charge in [-0.3, -0.25) is 0 Å². The first-order chi connectivity index (χ1) is 6.90. The molecule has 1 heteroatoms. The molecule has 0 atom stereocenters. The van der Waals surface area contributed by atoms with Crippen molar-refractivity contribution in [3.8, 4) is 0 Å². The van der Waals surface area contributed by atoms with Gasteiger partial charge < -0.3 is 4.90 Å². The first kappa shape index (κ1) is 9.55. The molecule has 0 spiro atoms. The van der Waals surface area contributed by atoms with Gasteiger partial charge in [0, 0.05) is 0 Å². The Morgan fingerprint density at radius 2 is 2.14 bits per heavy atom. The summed E-state index contributed by atoms with van der Waals surface area (Å²) in [6.45, 7) is 5.94. The molecule has 0 aromatic heterocycles. The lowest BCUT2D eigenvalue weighted by Crippen LogP contribution is -2.32. The Kier molecular flexibility index (Phi) is 3.06. The van der Waals surface area contributed by atoms with Crippen molar-refractivity contribution in [1.82, 2.24) is 4.90 Å². The van der Waals surface area contributed by atoms with Gasteiger partial charge >= 0.3 is 0 Å². The molecule has 0 amide bonds. The van der Waals surface area contributed by atoms with Gasteiger partial charge in [-0.1, -0.05) is 19.1 Å². The van der Waals surface area contributed by atoms with E-state index in [4.69, 9.17) is 0 Å². The zero-order valence-electron chi connectivity index (χ0n) is 8.79. The van der Waals surface area contributed by atoms with E-state index in [1.807, 2.05) is 6.07 Å². The van der Waals surface area contributed by atoms with Crippen molar-refractivity contribution in [2.75, 3.05) is 19.6 Å². The van der Waals surface area contributed by atoms with E-state index in [1.54, 1.807) is 0 Å². The lowest BCUT2D eigenvalue weighted by Gasteiger charge is -2.30. The highest BCUT2D eigenvalue weighted by atomic mass is 15.1. The van der Waals surface area contributed by atoms with Gasteiger partial charge in [0.15, 0.2) is 0 Å². The van der Waals surface area contributed by atoms with Crippen LogP contribution in [0.4, 0.5) is 0 Å². The molecule has 1 aliphatic rings. The van der Waals surface area contributed by atoms with Gasteiger partial charge in [-0.05, 0) is 62.2 Å². The number of rotatable bonds is 2. The summed E-state index contributed by atoms with van der Waals surface area (Å²) in [5.74, 6) is 0.753. The highest BCUT2D eigenvalue weighted by Crippen LogP contribution is 2.26. The molecule has 1 heterocycles. The quantitative estimate of drug-likeness (QED) is 0.687. The smallest absolute Gasteiger partial charge is 0.00130 e. The summed E-state index contributed by atoms with van der Waals surface area (Å²) in [6.07, 6.45) is 2.59. The van der Waals surface area contributed by atoms with Crippen LogP contribution in [-0.4, -0.2) is 24.5 Å². The SMILES string of the molecule is CCN1CCC(c2cc#ccc2)CC1. The third-order valence-corrected chi connectivity index (χ3v) is 3.19. The van der Waals surface area contributed by atoms with E-state index < -0.39 is 0 Å². The van der Waals surface area contributed by atoms with Gasteiger partial charge in [0.2, 0.25) is 0 Å². The molecule has 1 aromatic rings. The Balaban J connectivity index is 1.96. The molecule has 1 saturated heterocycles. The summed E-state index contributed by atoms with van der Waals surface area (Å²) in [5, 5.41) is 0. The van der Waals surface area contributed by atoms with E-state index in [2.05, 4.69) is 36.1 Å². The predicted octanol–water partition coefficient (Wildman–Crippen LogP) is 2.49. The molecule has 0 N–H and O–H groups in total. The van der Waals surface area contributed by atoms with Crippen molar-refractivity contribution in [1.29, 1.82) is 0 Å². The molecular formula is C13H17N. The van der Waals surface area contributed by atoms with Crippen LogP contribution in [0.1, 0.15) is 31.2 Å². The lowest BCUT2D eigenvalue weighted by atomic mass is 9.90. The fourth-order valence-corrected chi connectivity index (χ4v) is 2.20. The minimum atomic E-state index is 0.753. The summed E-state index contributed by atoms with van der Waals surface area (Å²) < 4.78 is 0. The Hall–Kier alpha value is -1.00. The van der Waals surface area contributed by atoms with E-state index in [0.717, 1.165) is 5.92 Å². The molecule has 0 aliphatic carbocycles. The summed E-state index contributed by atoms with van der Waals surface area (Å²) >= 11 is 0. The number of likely N-dealkylation sites (tertiary alicyclic amines) is 1. The molecule has 0 bridgehead atoms. The Bertz CT molecular complexity index is 260. The average Bonchev–Trinajstić information content (AvgIpc) is 2.30. The first-order valence-corrected chi connectivity index (χ1v) is 5.50. The standard InChI is InChI=1S/C13H17N/c1-2-14-10-8-13(9-11-14)12-6-4-3-5-7-12/h4,6-7,13H,2,8-11H2,1H3. The number of piperidine rings is 1. The van der Waals surface area contributed by atoms with Gasteiger partial charge in [-0.25, -0.2) is 0 Å². The highest BCUT2D eigenvalue weighted by Gasteiger charge is 2.18. The third-order valence-electron chi connectivity index (χ3n) is 3.19. The maximum Gasteiger partial charge on any atom is -0.00130 e. The van der Waals surface area contributed by atoms with Crippen LogP contribution < -0.4 is 0 Å². The van der Waals surface area contributed by atoms with Crippen LogP contribution in [0, 0.1) is 12.1 Å². The van der Waals surface area contributed by atoms with Crippen LogP contribution >= 0.6 is 0 Å². The number of nitrogens with zero attached hydrogens (tertiary/aromatic N) is 1. The van der Waals surface area contributed by atoms with E-state index in [9.17, 15) is 0 Å². The number of hydrogen-bond donors (Lipinski definition) is 0. The average molecular weight is 187 g/mol. The molecule has 1 fully saturated rings. The minimum absolute atomic E-state index is 0.753. The second-order valence-corrected chi connectivity index (χ2v) is 3.97. The monoisotopic (exact) mass is 187 g/mol. The maximum absolute atomic E-state index is 3.04. The zero-order chi connectivity index (χ0) is 9.80. The van der Waals surface area contributed by atoms with Crippen molar-refractivity contribution < 1.29 is 0 Å². The fraction of sp³-hybridized carbons (Fsp3) is 0.538. The Morgan fingerprint density at radius 3 is 2.71 bits per heavy atom. The molecule has 0 radical (unpaired) electrons. The molecule has 0 saturated carbocycles. The van der Waals surface area contributed by atoms with Crippen LogP contribution in [0.5, 0.6) is 0 Å². The van der Waals surface area contributed by atoms with E-state index in [-0.39, 0.29) is 0 Å². The van der Waals surface area contributed by atoms with Crippen molar-refractivity contribution in [3.63, 3.8) is 0 Å². The highest BCUT2D eigenvalue weighted by molar-refractivity contribution is 5.16. The van der Waals surface area contributed by atoms with Gasteiger partial charge in [-0.15, -0.1) is 0 Å². The van der Waals surface area contributed by atoms with E-state index in [1.165, 1.54) is 38.0 Å². The molecule has 14 heavy (non-hydrogen) atoms. The summed E-state index contributed by atoms with van der Waals surface area (Å²) in [7, 11) is 0. The van der Waals surface area contributed by atoms with Crippen molar-refractivity contribution in [2.24, 2.45) is 0 Å². The minimum Gasteiger partial charge on any atom is -0.304 e. The maximum atomic E-state index is 3.04. The zero-order valence-corrected chi connectivity index (χ0v) is 8.79. The van der Waals surface area contributed by atoms with Crippen molar-refractivity contribution >= 4 is 0 Å². The van der Waals surface area contributed by atoms with Crippen molar-refractivity contribution in [2.45, 2.75) is 25.7 Å². The van der Waals surface area contributed by atoms with Gasteiger partial charge in [0.05, 0.1) is 0 Å². The largest absolute Gasteiger partial charge is 0.304 e. The third kappa shape index (κ3) is 2.08. The Labute approximate surface area is 86.7 Å². The summed E-state index contributed by atoms with van der Waals surface area (Å²) in [5.41, 5.74) is 1.44. The number of hydrogen-bond acceptors (Lipinski definition) is 1.